The maximum Gasteiger partial charge on any atom is 0.264 e. The average Bonchev–Trinajstić information content (AvgIpc) is 2.92. The van der Waals surface area contributed by atoms with Gasteiger partial charge in [-0.25, -0.2) is 8.42 Å². The van der Waals surface area contributed by atoms with Crippen LogP contribution in [0.25, 0.3) is 0 Å². The molecule has 0 fully saturated rings. The third kappa shape index (κ3) is 6.81. The molecule has 8 nitrogen and oxygen atoms in total. The molecule has 3 aromatic rings. The number of rotatable bonds is 11. The van der Waals surface area contributed by atoms with Gasteiger partial charge in [-0.3, -0.25) is 13.9 Å². The number of likely N-dealkylation sites (N-methyl/N-ethyl adjacent to an activating group) is 1. The summed E-state index contributed by atoms with van der Waals surface area (Å²) in [4.78, 5) is 27.9. The molecule has 0 aliphatic rings. The van der Waals surface area contributed by atoms with Gasteiger partial charge in [0.1, 0.15) is 18.3 Å². The van der Waals surface area contributed by atoms with Crippen LogP contribution in [0.3, 0.4) is 0 Å². The summed E-state index contributed by atoms with van der Waals surface area (Å²) in [6.07, 6.45) is 0.343. The van der Waals surface area contributed by atoms with Gasteiger partial charge < -0.3 is 15.0 Å². The number of benzene rings is 3. The molecule has 1 N–H and O–H groups in total. The fourth-order valence-electron chi connectivity index (χ4n) is 3.87. The molecule has 1 atom stereocenters. The van der Waals surface area contributed by atoms with Gasteiger partial charge in [-0.05, 0) is 60.5 Å². The number of amides is 2. The molecule has 196 valence electrons. The van der Waals surface area contributed by atoms with E-state index in [1.807, 2.05) is 0 Å². The van der Waals surface area contributed by atoms with Gasteiger partial charge in [0.05, 0.1) is 17.7 Å². The highest BCUT2D eigenvalue weighted by Gasteiger charge is 2.33. The summed E-state index contributed by atoms with van der Waals surface area (Å²) in [5.41, 5.74) is 1.08. The first-order chi connectivity index (χ1) is 17.7. The molecule has 0 radical (unpaired) electrons. The molecule has 0 saturated heterocycles. The minimum absolute atomic E-state index is 0.00699. The molecule has 0 heterocycles. The van der Waals surface area contributed by atoms with Crippen molar-refractivity contribution in [3.8, 4) is 5.75 Å². The van der Waals surface area contributed by atoms with Gasteiger partial charge in [0.25, 0.3) is 10.0 Å². The molecule has 0 bridgehead atoms. The first-order valence-electron chi connectivity index (χ1n) is 11.7. The number of hydrogen-bond acceptors (Lipinski definition) is 5. The third-order valence-electron chi connectivity index (χ3n) is 5.87. The van der Waals surface area contributed by atoms with E-state index in [1.165, 1.54) is 31.2 Å². The van der Waals surface area contributed by atoms with E-state index in [2.05, 4.69) is 5.32 Å². The number of ether oxygens (including phenoxy) is 1. The summed E-state index contributed by atoms with van der Waals surface area (Å²) in [7, 11) is -1.14. The first kappa shape index (κ1) is 28.0. The molecule has 0 aliphatic heterocycles. The molecule has 2 amide bonds. The second-order valence-electron chi connectivity index (χ2n) is 8.21. The Morgan fingerprint density at radius 1 is 0.973 bits per heavy atom. The van der Waals surface area contributed by atoms with Crippen molar-refractivity contribution in [3.63, 3.8) is 0 Å². The van der Waals surface area contributed by atoms with Gasteiger partial charge in [-0.1, -0.05) is 48.9 Å². The lowest BCUT2D eigenvalue weighted by Gasteiger charge is -2.33. The van der Waals surface area contributed by atoms with Crippen molar-refractivity contribution in [2.45, 2.75) is 30.8 Å². The smallest absolute Gasteiger partial charge is 0.264 e. The van der Waals surface area contributed by atoms with Gasteiger partial charge in [0.2, 0.25) is 11.8 Å². The number of carbonyl (C=O) groups is 2. The predicted molar refractivity (Wildman–Crippen MR) is 144 cm³/mol. The van der Waals surface area contributed by atoms with Crippen molar-refractivity contribution in [2.24, 2.45) is 0 Å². The van der Waals surface area contributed by atoms with E-state index in [9.17, 15) is 18.0 Å². The number of nitrogens with one attached hydrogen (secondary N) is 1. The zero-order valence-corrected chi connectivity index (χ0v) is 22.5. The van der Waals surface area contributed by atoms with E-state index in [0.29, 0.717) is 22.9 Å². The Bertz CT molecular complexity index is 1300. The van der Waals surface area contributed by atoms with Crippen LogP contribution in [0.2, 0.25) is 5.02 Å². The van der Waals surface area contributed by atoms with E-state index in [-0.39, 0.29) is 17.3 Å². The van der Waals surface area contributed by atoms with E-state index >= 15 is 0 Å². The quantitative estimate of drug-likeness (QED) is 0.393. The van der Waals surface area contributed by atoms with Gasteiger partial charge in [-0.2, -0.15) is 0 Å². The predicted octanol–water partition coefficient (Wildman–Crippen LogP) is 4.10. The highest BCUT2D eigenvalue weighted by atomic mass is 35.5. The third-order valence-corrected chi connectivity index (χ3v) is 7.91. The van der Waals surface area contributed by atoms with Crippen LogP contribution < -0.4 is 14.4 Å². The van der Waals surface area contributed by atoms with Crippen LogP contribution in [0.5, 0.6) is 5.75 Å². The SMILES string of the molecule is CCC(C(=O)NC)N(Cc1ccc(Cl)cc1)C(=O)CN(c1ccccc1)S(=O)(=O)c1ccc(OC)cc1. The summed E-state index contributed by atoms with van der Waals surface area (Å²) in [6.45, 7) is 1.40. The highest BCUT2D eigenvalue weighted by molar-refractivity contribution is 7.92. The molecule has 0 spiro atoms. The van der Waals surface area contributed by atoms with Crippen LogP contribution in [-0.4, -0.2) is 51.9 Å². The number of halogens is 1. The number of sulfonamides is 1. The molecule has 1 unspecified atom stereocenters. The zero-order chi connectivity index (χ0) is 27.0. The Morgan fingerprint density at radius 2 is 1.59 bits per heavy atom. The Hall–Kier alpha value is -3.56. The average molecular weight is 544 g/mol. The maximum absolute atomic E-state index is 13.8. The van der Waals surface area contributed by atoms with Crippen molar-refractivity contribution in [1.82, 2.24) is 10.2 Å². The molecule has 3 rings (SSSR count). The number of methoxy groups -OCH3 is 1. The summed E-state index contributed by atoms with van der Waals surface area (Å²) in [5, 5.41) is 3.14. The number of para-hydroxylation sites is 1. The van der Waals surface area contributed by atoms with Gasteiger partial charge >= 0.3 is 0 Å². The normalized spacial score (nSPS) is 11.9. The second-order valence-corrected chi connectivity index (χ2v) is 10.5. The Morgan fingerprint density at radius 3 is 2.14 bits per heavy atom. The Kier molecular flexibility index (Phi) is 9.54. The van der Waals surface area contributed by atoms with E-state index in [0.717, 1.165) is 9.87 Å². The summed E-state index contributed by atoms with van der Waals surface area (Å²) in [5.74, 6) is -0.354. The molecule has 0 aromatic heterocycles. The molecule has 0 aliphatic carbocycles. The summed E-state index contributed by atoms with van der Waals surface area (Å²) >= 11 is 6.01. The number of anilines is 1. The fourth-order valence-corrected chi connectivity index (χ4v) is 5.41. The Labute approximate surface area is 222 Å². The molecular weight excluding hydrogens is 514 g/mol. The van der Waals surface area contributed by atoms with Crippen LogP contribution in [0, 0.1) is 0 Å². The fraction of sp³-hybridized carbons (Fsp3) is 0.259. The number of nitrogens with zero attached hydrogens (tertiary/aromatic N) is 2. The summed E-state index contributed by atoms with van der Waals surface area (Å²) < 4.78 is 33.7. The molecule has 0 saturated carbocycles. The van der Waals surface area contributed by atoms with Crippen molar-refractivity contribution in [3.05, 3.63) is 89.4 Å². The van der Waals surface area contributed by atoms with Gasteiger partial charge in [0.15, 0.2) is 0 Å². The van der Waals surface area contributed by atoms with E-state index in [4.69, 9.17) is 16.3 Å². The van der Waals surface area contributed by atoms with Crippen LogP contribution in [0.4, 0.5) is 5.69 Å². The van der Waals surface area contributed by atoms with Crippen LogP contribution in [0.15, 0.2) is 83.8 Å². The van der Waals surface area contributed by atoms with Gasteiger partial charge in [-0.15, -0.1) is 0 Å². The van der Waals surface area contributed by atoms with Crippen molar-refractivity contribution in [2.75, 3.05) is 25.0 Å². The molecular formula is C27H30ClN3O5S. The van der Waals surface area contributed by atoms with Crippen molar-refractivity contribution in [1.29, 1.82) is 0 Å². The topological polar surface area (TPSA) is 96.0 Å². The second kappa shape index (κ2) is 12.6. The number of carbonyl (C=O) groups excluding carboxylic acids is 2. The lowest BCUT2D eigenvalue weighted by Crippen LogP contribution is -2.51. The van der Waals surface area contributed by atoms with Gasteiger partial charge in [0, 0.05) is 18.6 Å². The zero-order valence-electron chi connectivity index (χ0n) is 20.9. The largest absolute Gasteiger partial charge is 0.497 e. The van der Waals surface area contributed by atoms with E-state index < -0.39 is 28.5 Å². The van der Waals surface area contributed by atoms with Crippen LogP contribution in [0.1, 0.15) is 18.9 Å². The molecule has 10 heteroatoms. The summed E-state index contributed by atoms with van der Waals surface area (Å²) in [6, 6.07) is 20.5. The standard InChI is InChI=1S/C27H30ClN3O5S/c1-4-25(27(33)29-2)30(18-20-10-12-21(28)13-11-20)26(32)19-31(22-8-6-5-7-9-22)37(34,35)24-16-14-23(36-3)15-17-24/h5-17,25H,4,18-19H2,1-3H3,(H,29,33). The van der Waals surface area contributed by atoms with Crippen LogP contribution >= 0.6 is 11.6 Å². The number of hydrogen-bond donors (Lipinski definition) is 1. The minimum atomic E-state index is -4.13. The van der Waals surface area contributed by atoms with Crippen molar-refractivity contribution >= 4 is 39.1 Å². The lowest BCUT2D eigenvalue weighted by molar-refractivity contribution is -0.140. The monoisotopic (exact) mass is 543 g/mol. The Balaban J connectivity index is 2.02. The molecule has 37 heavy (non-hydrogen) atoms. The van der Waals surface area contributed by atoms with Crippen LogP contribution in [-0.2, 0) is 26.2 Å². The minimum Gasteiger partial charge on any atom is -0.497 e. The van der Waals surface area contributed by atoms with Crippen molar-refractivity contribution < 1.29 is 22.7 Å². The molecule has 3 aromatic carbocycles. The first-order valence-corrected chi connectivity index (χ1v) is 13.5. The van der Waals surface area contributed by atoms with E-state index in [1.54, 1.807) is 73.7 Å². The lowest BCUT2D eigenvalue weighted by atomic mass is 10.1. The maximum atomic E-state index is 13.8. The highest BCUT2D eigenvalue weighted by Crippen LogP contribution is 2.26.